The number of carbonyl (C=O) groups is 1. The van der Waals surface area contributed by atoms with E-state index in [1.54, 1.807) is 7.11 Å². The smallest absolute Gasteiger partial charge is 0.149 e. The second-order valence-corrected chi connectivity index (χ2v) is 5.08. The van der Waals surface area contributed by atoms with Gasteiger partial charge in [-0.25, -0.2) is 0 Å². The monoisotopic (exact) mass is 257 g/mol. The van der Waals surface area contributed by atoms with Crippen molar-refractivity contribution in [1.82, 2.24) is 0 Å². The highest BCUT2D eigenvalue weighted by molar-refractivity contribution is 5.83. The fraction of sp³-hybridized carbons (Fsp3) is 0.933. The Labute approximate surface area is 112 Å². The molecule has 0 aromatic heterocycles. The molecule has 0 aromatic carbocycles. The first-order chi connectivity index (χ1) is 8.72. The number of carbonyl (C=O) groups excluding carboxylic acids is 1. The number of hydrogen-bond acceptors (Lipinski definition) is 3. The Morgan fingerprint density at radius 3 is 2.28 bits per heavy atom. The van der Waals surface area contributed by atoms with E-state index in [-0.39, 0.29) is 11.8 Å². The molecule has 0 bridgehead atoms. The summed E-state index contributed by atoms with van der Waals surface area (Å²) in [6.45, 7) is 2.92. The molecule has 0 saturated carbocycles. The summed E-state index contributed by atoms with van der Waals surface area (Å²) >= 11 is 0. The van der Waals surface area contributed by atoms with Gasteiger partial charge in [-0.1, -0.05) is 45.4 Å². The molecule has 0 fully saturated rings. The standard InChI is InChI=1S/C15H31NO2/c1-3-4-5-6-7-8-9-12-15(17)14(16)11-10-13-18-2/h14H,3-13,16H2,1-2H3. The Bertz CT molecular complexity index is 195. The van der Waals surface area contributed by atoms with E-state index in [9.17, 15) is 4.79 Å². The summed E-state index contributed by atoms with van der Waals surface area (Å²) in [7, 11) is 1.67. The number of ether oxygens (including phenoxy) is 1. The second kappa shape index (κ2) is 13.0. The first-order valence-corrected chi connectivity index (χ1v) is 7.49. The average molecular weight is 257 g/mol. The molecule has 0 heterocycles. The highest BCUT2D eigenvalue weighted by atomic mass is 16.5. The lowest BCUT2D eigenvalue weighted by Gasteiger charge is -2.09. The highest BCUT2D eigenvalue weighted by Crippen LogP contribution is 2.10. The largest absolute Gasteiger partial charge is 0.385 e. The lowest BCUT2D eigenvalue weighted by atomic mass is 10.0. The lowest BCUT2D eigenvalue weighted by molar-refractivity contribution is -0.120. The van der Waals surface area contributed by atoms with E-state index in [0.717, 1.165) is 19.3 Å². The number of rotatable bonds is 13. The Balaban J connectivity index is 3.35. The molecule has 0 aliphatic rings. The fourth-order valence-electron chi connectivity index (χ4n) is 2.05. The minimum absolute atomic E-state index is 0.222. The lowest BCUT2D eigenvalue weighted by Crippen LogP contribution is -2.30. The van der Waals surface area contributed by atoms with Gasteiger partial charge in [-0.15, -0.1) is 0 Å². The van der Waals surface area contributed by atoms with Gasteiger partial charge in [0.05, 0.1) is 6.04 Å². The number of Topliss-reactive ketones (excluding diaryl/α,β-unsaturated/α-hetero) is 1. The molecule has 0 spiro atoms. The van der Waals surface area contributed by atoms with Crippen molar-refractivity contribution >= 4 is 5.78 Å². The van der Waals surface area contributed by atoms with Gasteiger partial charge in [0.2, 0.25) is 0 Å². The molecule has 1 unspecified atom stereocenters. The van der Waals surface area contributed by atoms with Crippen LogP contribution >= 0.6 is 0 Å². The van der Waals surface area contributed by atoms with Crippen molar-refractivity contribution in [2.75, 3.05) is 13.7 Å². The minimum Gasteiger partial charge on any atom is -0.385 e. The van der Waals surface area contributed by atoms with Gasteiger partial charge in [-0.2, -0.15) is 0 Å². The van der Waals surface area contributed by atoms with E-state index in [2.05, 4.69) is 6.92 Å². The zero-order valence-electron chi connectivity index (χ0n) is 12.2. The molecule has 3 heteroatoms. The van der Waals surface area contributed by atoms with Gasteiger partial charge < -0.3 is 10.5 Å². The number of ketones is 1. The predicted molar refractivity (Wildman–Crippen MR) is 76.7 cm³/mol. The summed E-state index contributed by atoms with van der Waals surface area (Å²) in [4.78, 5) is 11.7. The Morgan fingerprint density at radius 2 is 1.67 bits per heavy atom. The molecule has 0 aliphatic carbocycles. The van der Waals surface area contributed by atoms with Crippen LogP contribution in [0.2, 0.25) is 0 Å². The van der Waals surface area contributed by atoms with E-state index >= 15 is 0 Å². The van der Waals surface area contributed by atoms with E-state index in [0.29, 0.717) is 13.0 Å². The van der Waals surface area contributed by atoms with Crippen LogP contribution in [0.4, 0.5) is 0 Å². The van der Waals surface area contributed by atoms with E-state index < -0.39 is 0 Å². The van der Waals surface area contributed by atoms with Crippen LogP contribution in [0.25, 0.3) is 0 Å². The van der Waals surface area contributed by atoms with E-state index in [1.807, 2.05) is 0 Å². The van der Waals surface area contributed by atoms with Crippen molar-refractivity contribution in [3.63, 3.8) is 0 Å². The molecule has 0 radical (unpaired) electrons. The Kier molecular flexibility index (Phi) is 12.7. The van der Waals surface area contributed by atoms with Crippen LogP contribution in [-0.4, -0.2) is 25.5 Å². The van der Waals surface area contributed by atoms with Crippen LogP contribution < -0.4 is 5.73 Å². The molecule has 2 N–H and O–H groups in total. The third-order valence-corrected chi connectivity index (χ3v) is 3.30. The molecule has 0 amide bonds. The van der Waals surface area contributed by atoms with Crippen molar-refractivity contribution < 1.29 is 9.53 Å². The Hall–Kier alpha value is -0.410. The molecule has 0 aliphatic heterocycles. The van der Waals surface area contributed by atoms with Crippen LogP contribution in [0.15, 0.2) is 0 Å². The number of nitrogens with two attached hydrogens (primary N) is 1. The van der Waals surface area contributed by atoms with Crippen molar-refractivity contribution in [2.45, 2.75) is 77.2 Å². The third-order valence-electron chi connectivity index (χ3n) is 3.30. The highest BCUT2D eigenvalue weighted by Gasteiger charge is 2.12. The van der Waals surface area contributed by atoms with E-state index in [1.165, 1.54) is 38.5 Å². The quantitative estimate of drug-likeness (QED) is 0.514. The van der Waals surface area contributed by atoms with Gasteiger partial charge in [-0.3, -0.25) is 4.79 Å². The molecular weight excluding hydrogens is 226 g/mol. The molecule has 0 rings (SSSR count). The Morgan fingerprint density at radius 1 is 1.06 bits per heavy atom. The van der Waals surface area contributed by atoms with Gasteiger partial charge in [0.25, 0.3) is 0 Å². The number of methoxy groups -OCH3 is 1. The van der Waals surface area contributed by atoms with Gasteiger partial charge >= 0.3 is 0 Å². The molecular formula is C15H31NO2. The van der Waals surface area contributed by atoms with Crippen LogP contribution in [0.3, 0.4) is 0 Å². The number of hydrogen-bond donors (Lipinski definition) is 1. The van der Waals surface area contributed by atoms with Crippen LogP contribution in [0.1, 0.15) is 71.1 Å². The van der Waals surface area contributed by atoms with Gasteiger partial charge in [0.15, 0.2) is 0 Å². The predicted octanol–water partition coefficient (Wildman–Crippen LogP) is 3.45. The summed E-state index contributed by atoms with van der Waals surface area (Å²) in [6.07, 6.45) is 11.0. The molecule has 3 nitrogen and oxygen atoms in total. The fourth-order valence-corrected chi connectivity index (χ4v) is 2.05. The summed E-state index contributed by atoms with van der Waals surface area (Å²) in [5, 5.41) is 0. The van der Waals surface area contributed by atoms with Crippen LogP contribution in [0, 0.1) is 0 Å². The van der Waals surface area contributed by atoms with Gasteiger partial charge in [0, 0.05) is 20.1 Å². The summed E-state index contributed by atoms with van der Waals surface area (Å²) < 4.78 is 4.95. The summed E-state index contributed by atoms with van der Waals surface area (Å²) in [5.74, 6) is 0.222. The molecule has 0 saturated heterocycles. The molecule has 0 aromatic rings. The second-order valence-electron chi connectivity index (χ2n) is 5.08. The van der Waals surface area contributed by atoms with Crippen molar-refractivity contribution in [3.05, 3.63) is 0 Å². The van der Waals surface area contributed by atoms with Crippen LogP contribution in [-0.2, 0) is 9.53 Å². The normalized spacial score (nSPS) is 12.6. The molecule has 1 atom stereocenters. The van der Waals surface area contributed by atoms with Crippen molar-refractivity contribution in [1.29, 1.82) is 0 Å². The topological polar surface area (TPSA) is 52.3 Å². The first-order valence-electron chi connectivity index (χ1n) is 7.49. The molecule has 18 heavy (non-hydrogen) atoms. The van der Waals surface area contributed by atoms with E-state index in [4.69, 9.17) is 10.5 Å². The molecule has 108 valence electrons. The third kappa shape index (κ3) is 10.7. The maximum Gasteiger partial charge on any atom is 0.149 e. The maximum absolute atomic E-state index is 11.7. The van der Waals surface area contributed by atoms with Gasteiger partial charge in [-0.05, 0) is 19.3 Å². The first kappa shape index (κ1) is 17.6. The SMILES string of the molecule is CCCCCCCCCC(=O)C(N)CCCOC. The van der Waals surface area contributed by atoms with Crippen molar-refractivity contribution in [2.24, 2.45) is 5.73 Å². The summed E-state index contributed by atoms with van der Waals surface area (Å²) in [6, 6.07) is -0.278. The zero-order valence-corrected chi connectivity index (χ0v) is 12.2. The average Bonchev–Trinajstić information content (AvgIpc) is 2.37. The van der Waals surface area contributed by atoms with Crippen LogP contribution in [0.5, 0.6) is 0 Å². The number of unbranched alkanes of at least 4 members (excludes halogenated alkanes) is 6. The zero-order chi connectivity index (χ0) is 13.6. The maximum atomic E-state index is 11.7. The van der Waals surface area contributed by atoms with Gasteiger partial charge in [0.1, 0.15) is 5.78 Å². The van der Waals surface area contributed by atoms with Crippen molar-refractivity contribution in [3.8, 4) is 0 Å². The summed E-state index contributed by atoms with van der Waals surface area (Å²) in [5.41, 5.74) is 5.83. The minimum atomic E-state index is -0.278.